The van der Waals surface area contributed by atoms with E-state index < -0.39 is 11.9 Å². The summed E-state index contributed by atoms with van der Waals surface area (Å²) in [5.41, 5.74) is 2.50. The van der Waals surface area contributed by atoms with Gasteiger partial charge in [-0.15, -0.1) is 0 Å². The molecular formula is C13H17NO4. The average molecular weight is 251 g/mol. The van der Waals surface area contributed by atoms with Crippen LogP contribution in [0.1, 0.15) is 17.5 Å². The van der Waals surface area contributed by atoms with Crippen molar-refractivity contribution in [1.29, 1.82) is 0 Å². The molecule has 18 heavy (non-hydrogen) atoms. The highest BCUT2D eigenvalue weighted by Gasteiger charge is 2.14. The molecule has 0 unspecified atom stereocenters. The van der Waals surface area contributed by atoms with E-state index in [4.69, 9.17) is 4.74 Å². The number of rotatable bonds is 4. The predicted octanol–water partition coefficient (Wildman–Crippen LogP) is 1.81. The first kappa shape index (κ1) is 14.0. The Morgan fingerprint density at radius 3 is 2.44 bits per heavy atom. The van der Waals surface area contributed by atoms with Crippen molar-refractivity contribution in [3.8, 4) is 5.75 Å². The molecule has 0 saturated carbocycles. The fourth-order valence-corrected chi connectivity index (χ4v) is 1.64. The first-order chi connectivity index (χ1) is 8.47. The summed E-state index contributed by atoms with van der Waals surface area (Å²) in [5, 5.41) is 2.66. The van der Waals surface area contributed by atoms with Gasteiger partial charge in [-0.25, -0.2) is 0 Å². The van der Waals surface area contributed by atoms with Crippen LogP contribution in [-0.4, -0.2) is 26.1 Å². The van der Waals surface area contributed by atoms with Gasteiger partial charge >= 0.3 is 5.97 Å². The number of amides is 1. The molecule has 1 aromatic carbocycles. The van der Waals surface area contributed by atoms with Crippen LogP contribution in [0.4, 0.5) is 5.69 Å². The smallest absolute Gasteiger partial charge is 0.315 e. The van der Waals surface area contributed by atoms with Crippen LogP contribution in [0.5, 0.6) is 5.75 Å². The largest absolute Gasteiger partial charge is 0.495 e. The Morgan fingerprint density at radius 1 is 1.22 bits per heavy atom. The number of hydrogen-bond acceptors (Lipinski definition) is 4. The molecule has 0 heterocycles. The Morgan fingerprint density at radius 2 is 1.89 bits per heavy atom. The fourth-order valence-electron chi connectivity index (χ4n) is 1.64. The Labute approximate surface area is 106 Å². The SMILES string of the molecule is COC(=O)CC(=O)Nc1c(C)cc(C)cc1OC. The minimum atomic E-state index is -0.573. The molecule has 0 aliphatic rings. The van der Waals surface area contributed by atoms with Gasteiger partial charge in [-0.1, -0.05) is 6.07 Å². The van der Waals surface area contributed by atoms with Crippen molar-refractivity contribution in [2.45, 2.75) is 20.3 Å². The van der Waals surface area contributed by atoms with Gasteiger partial charge in [-0.05, 0) is 31.0 Å². The lowest BCUT2D eigenvalue weighted by Gasteiger charge is -2.13. The van der Waals surface area contributed by atoms with Gasteiger partial charge in [-0.3, -0.25) is 9.59 Å². The van der Waals surface area contributed by atoms with E-state index in [1.54, 1.807) is 0 Å². The molecule has 1 N–H and O–H groups in total. The van der Waals surface area contributed by atoms with Gasteiger partial charge in [0.05, 0.1) is 19.9 Å². The van der Waals surface area contributed by atoms with Crippen LogP contribution in [0.15, 0.2) is 12.1 Å². The van der Waals surface area contributed by atoms with E-state index >= 15 is 0 Å². The van der Waals surface area contributed by atoms with Crippen LogP contribution in [0.3, 0.4) is 0 Å². The Hall–Kier alpha value is -2.04. The van der Waals surface area contributed by atoms with Gasteiger partial charge < -0.3 is 14.8 Å². The topological polar surface area (TPSA) is 64.6 Å². The highest BCUT2D eigenvalue weighted by atomic mass is 16.5. The summed E-state index contributed by atoms with van der Waals surface area (Å²) in [6.07, 6.45) is -0.313. The molecule has 0 radical (unpaired) electrons. The third-order valence-electron chi connectivity index (χ3n) is 2.46. The van der Waals surface area contributed by atoms with Crippen molar-refractivity contribution in [3.63, 3.8) is 0 Å². The minimum absolute atomic E-state index is 0.313. The van der Waals surface area contributed by atoms with Crippen molar-refractivity contribution in [2.75, 3.05) is 19.5 Å². The average Bonchev–Trinajstić information content (AvgIpc) is 2.31. The molecular weight excluding hydrogens is 234 g/mol. The first-order valence-electron chi connectivity index (χ1n) is 5.49. The van der Waals surface area contributed by atoms with Gasteiger partial charge in [0.15, 0.2) is 0 Å². The number of aryl methyl sites for hydroxylation is 2. The summed E-state index contributed by atoms with van der Waals surface area (Å²) in [5.74, 6) is -0.422. The number of carbonyl (C=O) groups is 2. The Balaban J connectivity index is 2.90. The first-order valence-corrected chi connectivity index (χ1v) is 5.49. The van der Waals surface area contributed by atoms with E-state index in [1.165, 1.54) is 14.2 Å². The highest BCUT2D eigenvalue weighted by Crippen LogP contribution is 2.29. The van der Waals surface area contributed by atoms with E-state index in [2.05, 4.69) is 10.1 Å². The molecule has 1 amide bonds. The molecule has 0 saturated heterocycles. The second-order valence-electron chi connectivity index (χ2n) is 3.96. The predicted molar refractivity (Wildman–Crippen MR) is 67.7 cm³/mol. The summed E-state index contributed by atoms with van der Waals surface area (Å²) >= 11 is 0. The molecule has 98 valence electrons. The lowest BCUT2D eigenvalue weighted by molar-refractivity contribution is -0.142. The van der Waals surface area contributed by atoms with Gasteiger partial charge in [-0.2, -0.15) is 0 Å². The number of methoxy groups -OCH3 is 2. The van der Waals surface area contributed by atoms with Crippen LogP contribution >= 0.6 is 0 Å². The standard InChI is InChI=1S/C13H17NO4/c1-8-5-9(2)13(10(6-8)17-3)14-11(15)7-12(16)18-4/h5-6H,7H2,1-4H3,(H,14,15). The number of hydrogen-bond donors (Lipinski definition) is 1. The number of benzene rings is 1. The molecule has 0 aliphatic carbocycles. The van der Waals surface area contributed by atoms with Crippen LogP contribution < -0.4 is 10.1 Å². The lowest BCUT2D eigenvalue weighted by Crippen LogP contribution is -2.18. The summed E-state index contributed by atoms with van der Waals surface area (Å²) in [6, 6.07) is 3.75. The highest BCUT2D eigenvalue weighted by molar-refractivity contribution is 6.03. The van der Waals surface area contributed by atoms with Gasteiger partial charge in [0.2, 0.25) is 5.91 Å². The Kier molecular flexibility index (Phi) is 4.71. The summed E-state index contributed by atoms with van der Waals surface area (Å²) in [7, 11) is 2.78. The zero-order chi connectivity index (χ0) is 13.7. The second kappa shape index (κ2) is 6.05. The number of esters is 1. The molecule has 0 spiro atoms. The normalized spacial score (nSPS) is 9.78. The Bertz CT molecular complexity index is 468. The summed E-state index contributed by atoms with van der Waals surface area (Å²) in [6.45, 7) is 3.80. The summed E-state index contributed by atoms with van der Waals surface area (Å²) < 4.78 is 9.64. The van der Waals surface area contributed by atoms with Crippen molar-refractivity contribution in [3.05, 3.63) is 23.3 Å². The van der Waals surface area contributed by atoms with E-state index in [9.17, 15) is 9.59 Å². The van der Waals surface area contributed by atoms with Crippen molar-refractivity contribution in [1.82, 2.24) is 0 Å². The lowest BCUT2D eigenvalue weighted by atomic mass is 10.1. The maximum atomic E-state index is 11.6. The fraction of sp³-hybridized carbons (Fsp3) is 0.385. The van der Waals surface area contributed by atoms with E-state index in [0.717, 1.165) is 11.1 Å². The maximum absolute atomic E-state index is 11.6. The van der Waals surface area contributed by atoms with Crippen LogP contribution in [0, 0.1) is 13.8 Å². The molecule has 0 aromatic heterocycles. The zero-order valence-electron chi connectivity index (χ0n) is 11.0. The second-order valence-corrected chi connectivity index (χ2v) is 3.96. The molecule has 1 rings (SSSR count). The van der Waals surface area contributed by atoms with Crippen molar-refractivity contribution >= 4 is 17.6 Å². The molecule has 0 fully saturated rings. The third kappa shape index (κ3) is 3.48. The quantitative estimate of drug-likeness (QED) is 0.654. The number of anilines is 1. The third-order valence-corrected chi connectivity index (χ3v) is 2.46. The summed E-state index contributed by atoms with van der Waals surface area (Å²) in [4.78, 5) is 22.6. The zero-order valence-corrected chi connectivity index (χ0v) is 11.0. The van der Waals surface area contributed by atoms with Crippen LogP contribution in [0.2, 0.25) is 0 Å². The monoisotopic (exact) mass is 251 g/mol. The van der Waals surface area contributed by atoms with Gasteiger partial charge in [0, 0.05) is 0 Å². The molecule has 0 bridgehead atoms. The van der Waals surface area contributed by atoms with E-state index in [-0.39, 0.29) is 6.42 Å². The van der Waals surface area contributed by atoms with Crippen molar-refractivity contribution in [2.24, 2.45) is 0 Å². The molecule has 0 aliphatic heterocycles. The maximum Gasteiger partial charge on any atom is 0.315 e. The van der Waals surface area contributed by atoms with Crippen LogP contribution in [0.25, 0.3) is 0 Å². The molecule has 5 nitrogen and oxygen atoms in total. The minimum Gasteiger partial charge on any atom is -0.495 e. The molecule has 0 atom stereocenters. The molecule has 5 heteroatoms. The number of nitrogens with one attached hydrogen (secondary N) is 1. The van der Waals surface area contributed by atoms with Crippen LogP contribution in [-0.2, 0) is 14.3 Å². The number of ether oxygens (including phenoxy) is 2. The van der Waals surface area contributed by atoms with Crippen molar-refractivity contribution < 1.29 is 19.1 Å². The van der Waals surface area contributed by atoms with E-state index in [1.807, 2.05) is 26.0 Å². The molecule has 1 aromatic rings. The number of carbonyl (C=O) groups excluding carboxylic acids is 2. The van der Waals surface area contributed by atoms with Gasteiger partial charge in [0.25, 0.3) is 0 Å². The van der Waals surface area contributed by atoms with Gasteiger partial charge in [0.1, 0.15) is 12.2 Å². The van der Waals surface area contributed by atoms with E-state index in [0.29, 0.717) is 11.4 Å².